The summed E-state index contributed by atoms with van der Waals surface area (Å²) < 4.78 is 1.12. The van der Waals surface area contributed by atoms with Crippen molar-refractivity contribution in [1.82, 2.24) is 0 Å². The van der Waals surface area contributed by atoms with E-state index >= 15 is 0 Å². The van der Waals surface area contributed by atoms with Crippen molar-refractivity contribution < 1.29 is 4.79 Å². The second-order valence-electron chi connectivity index (χ2n) is 5.65. The van der Waals surface area contributed by atoms with E-state index in [9.17, 15) is 4.79 Å². The molecule has 2 rings (SSSR count). The maximum Gasteiger partial charge on any atom is 0.230 e. The zero-order valence-electron chi connectivity index (χ0n) is 11.3. The molecule has 1 aromatic carbocycles. The molecular weight excluding hydrogens is 290 g/mol. The van der Waals surface area contributed by atoms with Gasteiger partial charge in [-0.2, -0.15) is 0 Å². The number of carbonyl (C=O) groups excluding carboxylic acids is 1. The lowest BCUT2D eigenvalue weighted by Gasteiger charge is -2.22. The smallest absolute Gasteiger partial charge is 0.230 e. The van der Waals surface area contributed by atoms with Crippen molar-refractivity contribution in [3.63, 3.8) is 0 Å². The van der Waals surface area contributed by atoms with E-state index in [1.165, 1.54) is 12.8 Å². The molecule has 0 aliphatic heterocycles. The fourth-order valence-electron chi connectivity index (χ4n) is 2.68. The van der Waals surface area contributed by atoms with Gasteiger partial charge < -0.3 is 5.32 Å². The van der Waals surface area contributed by atoms with Crippen LogP contribution in [0, 0.1) is 19.3 Å². The number of hydrogen-bond donors (Lipinski definition) is 1. The molecule has 0 radical (unpaired) electrons. The molecule has 1 N–H and O–H groups in total. The van der Waals surface area contributed by atoms with Gasteiger partial charge in [0, 0.05) is 15.6 Å². The number of nitrogens with one attached hydrogen (secondary N) is 1. The van der Waals surface area contributed by atoms with Gasteiger partial charge in [-0.25, -0.2) is 0 Å². The minimum absolute atomic E-state index is 0.168. The molecule has 18 heavy (non-hydrogen) atoms. The van der Waals surface area contributed by atoms with E-state index in [4.69, 9.17) is 0 Å². The Morgan fingerprint density at radius 2 is 1.72 bits per heavy atom. The zero-order chi connectivity index (χ0) is 13.3. The van der Waals surface area contributed by atoms with Gasteiger partial charge >= 0.3 is 0 Å². The summed E-state index contributed by atoms with van der Waals surface area (Å²) in [6.45, 7) is 6.17. The quantitative estimate of drug-likeness (QED) is 0.851. The summed E-state index contributed by atoms with van der Waals surface area (Å²) in [5.41, 5.74) is 3.05. The van der Waals surface area contributed by atoms with Crippen LogP contribution in [0.3, 0.4) is 0 Å². The van der Waals surface area contributed by atoms with Gasteiger partial charge in [0.15, 0.2) is 0 Å². The molecular formula is C15H20BrNO. The van der Waals surface area contributed by atoms with Gasteiger partial charge in [0.2, 0.25) is 5.91 Å². The van der Waals surface area contributed by atoms with Crippen molar-refractivity contribution >= 4 is 27.5 Å². The summed E-state index contributed by atoms with van der Waals surface area (Å²) in [5, 5.41) is 3.07. The van der Waals surface area contributed by atoms with Crippen LogP contribution in [-0.4, -0.2) is 5.91 Å². The highest BCUT2D eigenvalue weighted by molar-refractivity contribution is 9.10. The van der Waals surface area contributed by atoms with Crippen molar-refractivity contribution in [2.24, 2.45) is 5.41 Å². The summed E-state index contributed by atoms with van der Waals surface area (Å²) in [6.07, 6.45) is 4.35. The molecule has 3 heteroatoms. The van der Waals surface area contributed by atoms with E-state index < -0.39 is 0 Å². The Labute approximate surface area is 117 Å². The molecule has 0 atom stereocenters. The van der Waals surface area contributed by atoms with Gasteiger partial charge in [-0.3, -0.25) is 4.79 Å². The Hall–Kier alpha value is -0.830. The highest BCUT2D eigenvalue weighted by Crippen LogP contribution is 2.38. The maximum atomic E-state index is 12.3. The zero-order valence-corrected chi connectivity index (χ0v) is 12.9. The first kappa shape index (κ1) is 13.6. The van der Waals surface area contributed by atoms with Gasteiger partial charge in [-0.1, -0.05) is 35.7 Å². The van der Waals surface area contributed by atoms with Crippen LogP contribution in [-0.2, 0) is 4.79 Å². The Kier molecular flexibility index (Phi) is 3.81. The van der Waals surface area contributed by atoms with Crippen molar-refractivity contribution in [2.45, 2.75) is 46.5 Å². The molecule has 1 aliphatic rings. The molecule has 98 valence electrons. The lowest BCUT2D eigenvalue weighted by Crippen LogP contribution is -2.30. The minimum Gasteiger partial charge on any atom is -0.326 e. The lowest BCUT2D eigenvalue weighted by atomic mass is 9.88. The first-order valence-corrected chi connectivity index (χ1v) is 7.30. The normalized spacial score (nSPS) is 17.8. The number of anilines is 1. The van der Waals surface area contributed by atoms with Crippen LogP contribution in [0.25, 0.3) is 0 Å². The number of halogens is 1. The minimum atomic E-state index is -0.172. The highest BCUT2D eigenvalue weighted by atomic mass is 79.9. The topological polar surface area (TPSA) is 29.1 Å². The fraction of sp³-hybridized carbons (Fsp3) is 0.533. The molecule has 0 heterocycles. The third-order valence-electron chi connectivity index (χ3n) is 3.95. The molecule has 2 nitrogen and oxygen atoms in total. The Balaban J connectivity index is 2.17. The fourth-order valence-corrected chi connectivity index (χ4v) is 2.91. The first-order chi connectivity index (χ1) is 8.42. The summed E-state index contributed by atoms with van der Waals surface area (Å²) in [4.78, 5) is 12.3. The van der Waals surface area contributed by atoms with E-state index in [1.54, 1.807) is 0 Å². The van der Waals surface area contributed by atoms with Crippen LogP contribution in [0.15, 0.2) is 16.6 Å². The summed E-state index contributed by atoms with van der Waals surface area (Å²) >= 11 is 3.54. The van der Waals surface area contributed by atoms with Crippen LogP contribution in [0.5, 0.6) is 0 Å². The van der Waals surface area contributed by atoms with Crippen molar-refractivity contribution in [3.05, 3.63) is 27.7 Å². The molecule has 1 amide bonds. The van der Waals surface area contributed by atoms with Crippen molar-refractivity contribution in [1.29, 1.82) is 0 Å². The standard InChI is InChI=1S/C15H20BrNO/c1-10-8-12(9-11(2)13(10)16)17-14(18)15(3)6-4-5-7-15/h8-9H,4-7H2,1-3H3,(H,17,18). The number of carbonyl (C=O) groups is 1. The largest absolute Gasteiger partial charge is 0.326 e. The SMILES string of the molecule is Cc1cc(NC(=O)C2(C)CCCC2)cc(C)c1Br. The van der Waals surface area contributed by atoms with Crippen LogP contribution in [0.2, 0.25) is 0 Å². The van der Waals surface area contributed by atoms with Gasteiger partial charge in [0.05, 0.1) is 0 Å². The monoisotopic (exact) mass is 309 g/mol. The Bertz CT molecular complexity index is 452. The molecule has 0 unspecified atom stereocenters. The highest BCUT2D eigenvalue weighted by Gasteiger charge is 2.36. The van der Waals surface area contributed by atoms with Gasteiger partial charge in [-0.05, 0) is 49.9 Å². The second-order valence-corrected chi connectivity index (χ2v) is 6.44. The van der Waals surface area contributed by atoms with Gasteiger partial charge in [0.25, 0.3) is 0 Å². The van der Waals surface area contributed by atoms with E-state index in [0.29, 0.717) is 0 Å². The number of rotatable bonds is 2. The molecule has 0 bridgehead atoms. The number of aryl methyl sites for hydroxylation is 2. The van der Waals surface area contributed by atoms with E-state index in [1.807, 2.05) is 26.0 Å². The van der Waals surface area contributed by atoms with Crippen LogP contribution in [0.1, 0.15) is 43.7 Å². The molecule has 0 saturated heterocycles. The average molecular weight is 310 g/mol. The van der Waals surface area contributed by atoms with Crippen LogP contribution in [0.4, 0.5) is 5.69 Å². The van der Waals surface area contributed by atoms with Crippen LogP contribution < -0.4 is 5.32 Å². The molecule has 1 fully saturated rings. The predicted molar refractivity (Wildman–Crippen MR) is 78.8 cm³/mol. The average Bonchev–Trinajstić information content (AvgIpc) is 2.74. The summed E-state index contributed by atoms with van der Waals surface area (Å²) in [5.74, 6) is 0.168. The number of benzene rings is 1. The molecule has 1 saturated carbocycles. The third kappa shape index (κ3) is 2.61. The van der Waals surface area contributed by atoms with Gasteiger partial charge in [-0.15, -0.1) is 0 Å². The van der Waals surface area contributed by atoms with Crippen molar-refractivity contribution in [2.75, 3.05) is 5.32 Å². The molecule has 0 spiro atoms. The van der Waals surface area contributed by atoms with E-state index in [0.717, 1.165) is 34.1 Å². The van der Waals surface area contributed by atoms with E-state index in [-0.39, 0.29) is 11.3 Å². The predicted octanol–water partition coefficient (Wildman–Crippen LogP) is 4.58. The molecule has 0 aromatic heterocycles. The lowest BCUT2D eigenvalue weighted by molar-refractivity contribution is -0.124. The number of amides is 1. The van der Waals surface area contributed by atoms with Gasteiger partial charge in [0.1, 0.15) is 0 Å². The summed E-state index contributed by atoms with van der Waals surface area (Å²) in [6, 6.07) is 4.04. The van der Waals surface area contributed by atoms with Crippen molar-refractivity contribution in [3.8, 4) is 0 Å². The summed E-state index contributed by atoms with van der Waals surface area (Å²) in [7, 11) is 0. The first-order valence-electron chi connectivity index (χ1n) is 6.50. The Morgan fingerprint density at radius 3 is 2.22 bits per heavy atom. The number of hydrogen-bond acceptors (Lipinski definition) is 1. The maximum absolute atomic E-state index is 12.3. The molecule has 1 aliphatic carbocycles. The molecule has 1 aromatic rings. The second kappa shape index (κ2) is 5.04. The van der Waals surface area contributed by atoms with E-state index in [2.05, 4.69) is 28.2 Å². The third-order valence-corrected chi connectivity index (χ3v) is 5.20. The Morgan fingerprint density at radius 1 is 1.22 bits per heavy atom. The van der Waals surface area contributed by atoms with Crippen LogP contribution >= 0.6 is 15.9 Å².